The molecule has 0 spiro atoms. The normalized spacial score (nSPS) is 12.1. The van der Waals surface area contributed by atoms with E-state index in [9.17, 15) is 13.2 Å². The van der Waals surface area contributed by atoms with Crippen LogP contribution in [0.2, 0.25) is 0 Å². The summed E-state index contributed by atoms with van der Waals surface area (Å²) in [5, 5.41) is 2.56. The third-order valence-corrected chi connectivity index (χ3v) is 5.99. The maximum absolute atomic E-state index is 12.4. The molecule has 1 aromatic carbocycles. The molecule has 2 heterocycles. The first-order valence-electron chi connectivity index (χ1n) is 7.51. The summed E-state index contributed by atoms with van der Waals surface area (Å²) < 4.78 is 28.0. The maximum Gasteiger partial charge on any atom is 0.259 e. The van der Waals surface area contributed by atoms with Crippen molar-refractivity contribution < 1.29 is 8.42 Å². The Bertz CT molecular complexity index is 991. The van der Waals surface area contributed by atoms with Crippen LogP contribution >= 0.6 is 11.3 Å². The smallest absolute Gasteiger partial charge is 0.259 e. The van der Waals surface area contributed by atoms with Crippen LogP contribution in [0.4, 0.5) is 0 Å². The summed E-state index contributed by atoms with van der Waals surface area (Å²) in [6.07, 6.45) is 2.92. The van der Waals surface area contributed by atoms with Gasteiger partial charge in [0.25, 0.3) is 5.56 Å². The molecule has 0 saturated carbocycles. The zero-order chi connectivity index (χ0) is 17.2. The largest absolute Gasteiger partial charge is 0.314 e. The molecule has 0 saturated heterocycles. The number of fused-ring (bicyclic) bond motifs is 1. The van der Waals surface area contributed by atoms with Gasteiger partial charge in [-0.25, -0.2) is 8.42 Å². The SMILES string of the molecule is CS(=O)(=O)N(CCn1ccc2sccc2c1=O)Cc1ccccc1. The molecule has 0 fully saturated rings. The summed E-state index contributed by atoms with van der Waals surface area (Å²) in [6.45, 7) is 0.878. The first-order valence-corrected chi connectivity index (χ1v) is 10.2. The van der Waals surface area contributed by atoms with E-state index < -0.39 is 10.0 Å². The Morgan fingerprint density at radius 3 is 2.58 bits per heavy atom. The van der Waals surface area contributed by atoms with Crippen LogP contribution < -0.4 is 5.56 Å². The summed E-state index contributed by atoms with van der Waals surface area (Å²) in [7, 11) is -3.36. The van der Waals surface area contributed by atoms with Crippen LogP contribution in [0.15, 0.2) is 58.8 Å². The summed E-state index contributed by atoms with van der Waals surface area (Å²) >= 11 is 1.52. The summed E-state index contributed by atoms with van der Waals surface area (Å²) in [5.41, 5.74) is 0.838. The average molecular weight is 362 g/mol. The minimum Gasteiger partial charge on any atom is -0.314 e. The van der Waals surface area contributed by atoms with Gasteiger partial charge in [-0.3, -0.25) is 4.79 Å². The Morgan fingerprint density at radius 1 is 1.12 bits per heavy atom. The molecule has 24 heavy (non-hydrogen) atoms. The Labute approximate surface area is 144 Å². The van der Waals surface area contributed by atoms with Crippen molar-refractivity contribution in [3.8, 4) is 0 Å². The predicted molar refractivity (Wildman–Crippen MR) is 97.8 cm³/mol. The number of rotatable bonds is 6. The highest BCUT2D eigenvalue weighted by Crippen LogP contribution is 2.16. The van der Waals surface area contributed by atoms with Crippen molar-refractivity contribution in [2.24, 2.45) is 0 Å². The van der Waals surface area contributed by atoms with Gasteiger partial charge in [0.2, 0.25) is 10.0 Å². The molecule has 7 heteroatoms. The number of benzene rings is 1. The number of nitrogens with zero attached hydrogens (tertiary/aromatic N) is 2. The van der Waals surface area contributed by atoms with Crippen LogP contribution in [0.25, 0.3) is 10.1 Å². The van der Waals surface area contributed by atoms with E-state index in [4.69, 9.17) is 0 Å². The zero-order valence-corrected chi connectivity index (χ0v) is 14.9. The second-order valence-corrected chi connectivity index (χ2v) is 8.53. The molecular formula is C17H18N2O3S2. The van der Waals surface area contributed by atoms with E-state index in [1.165, 1.54) is 21.9 Å². The van der Waals surface area contributed by atoms with Crippen molar-refractivity contribution in [2.75, 3.05) is 12.8 Å². The predicted octanol–water partition coefficient (Wildman–Crippen LogP) is 2.52. The monoisotopic (exact) mass is 362 g/mol. The van der Waals surface area contributed by atoms with Gasteiger partial charge in [0.05, 0.1) is 11.6 Å². The Morgan fingerprint density at radius 2 is 1.88 bits per heavy atom. The van der Waals surface area contributed by atoms with E-state index in [2.05, 4.69) is 0 Å². The van der Waals surface area contributed by atoms with Crippen molar-refractivity contribution in [3.63, 3.8) is 0 Å². The minimum atomic E-state index is -3.36. The van der Waals surface area contributed by atoms with Gasteiger partial charge in [-0.05, 0) is 23.1 Å². The van der Waals surface area contributed by atoms with Crippen molar-refractivity contribution in [1.82, 2.24) is 8.87 Å². The average Bonchev–Trinajstić information content (AvgIpc) is 3.02. The van der Waals surface area contributed by atoms with E-state index >= 15 is 0 Å². The molecule has 0 aliphatic heterocycles. The van der Waals surface area contributed by atoms with Crippen LogP contribution in [-0.4, -0.2) is 30.1 Å². The van der Waals surface area contributed by atoms with Crippen molar-refractivity contribution >= 4 is 31.4 Å². The minimum absolute atomic E-state index is 0.0816. The maximum atomic E-state index is 12.4. The second-order valence-electron chi connectivity index (χ2n) is 5.59. The molecule has 0 aliphatic carbocycles. The molecular weight excluding hydrogens is 344 g/mol. The summed E-state index contributed by atoms with van der Waals surface area (Å²) in [4.78, 5) is 12.4. The Kier molecular flexibility index (Phi) is 4.84. The molecule has 0 atom stereocenters. The number of thiophene rings is 1. The molecule has 0 aliphatic rings. The van der Waals surface area contributed by atoms with E-state index in [-0.39, 0.29) is 12.1 Å². The Hall–Kier alpha value is -1.96. The first-order chi connectivity index (χ1) is 11.4. The van der Waals surface area contributed by atoms with Gasteiger partial charge in [0.15, 0.2) is 0 Å². The number of hydrogen-bond acceptors (Lipinski definition) is 4. The van der Waals surface area contributed by atoms with Gasteiger partial charge in [0.1, 0.15) is 0 Å². The van der Waals surface area contributed by atoms with Gasteiger partial charge in [-0.15, -0.1) is 11.3 Å². The van der Waals surface area contributed by atoms with Crippen LogP contribution in [0, 0.1) is 0 Å². The lowest BCUT2D eigenvalue weighted by Crippen LogP contribution is -2.34. The summed E-state index contributed by atoms with van der Waals surface area (Å²) in [5.74, 6) is 0. The fraction of sp³-hybridized carbons (Fsp3) is 0.235. The summed E-state index contributed by atoms with van der Waals surface area (Å²) in [6, 6.07) is 13.1. The van der Waals surface area contributed by atoms with E-state index in [0.29, 0.717) is 18.5 Å². The highest BCUT2D eigenvalue weighted by Gasteiger charge is 2.17. The van der Waals surface area contributed by atoms with Crippen LogP contribution in [0.3, 0.4) is 0 Å². The molecule has 0 N–H and O–H groups in total. The second kappa shape index (κ2) is 6.88. The topological polar surface area (TPSA) is 59.4 Å². The van der Waals surface area contributed by atoms with Gasteiger partial charge in [-0.2, -0.15) is 4.31 Å². The van der Waals surface area contributed by atoms with E-state index in [1.807, 2.05) is 41.8 Å². The highest BCUT2D eigenvalue weighted by molar-refractivity contribution is 7.88. The molecule has 0 amide bonds. The fourth-order valence-corrected chi connectivity index (χ4v) is 4.12. The Balaban J connectivity index is 1.80. The first kappa shape index (κ1) is 16.9. The lowest BCUT2D eigenvalue weighted by Gasteiger charge is -2.20. The van der Waals surface area contributed by atoms with Crippen LogP contribution in [-0.2, 0) is 23.1 Å². The number of hydrogen-bond donors (Lipinski definition) is 0. The quantitative estimate of drug-likeness (QED) is 0.677. The molecule has 126 valence electrons. The van der Waals surface area contributed by atoms with Crippen molar-refractivity contribution in [1.29, 1.82) is 0 Å². The van der Waals surface area contributed by atoms with E-state index in [1.54, 1.807) is 16.8 Å². The van der Waals surface area contributed by atoms with Crippen LogP contribution in [0.5, 0.6) is 0 Å². The molecule has 0 bridgehead atoms. The third kappa shape index (κ3) is 3.75. The molecule has 3 aromatic rings. The van der Waals surface area contributed by atoms with Gasteiger partial charge in [0, 0.05) is 30.5 Å². The number of sulfonamides is 1. The zero-order valence-electron chi connectivity index (χ0n) is 13.3. The van der Waals surface area contributed by atoms with Gasteiger partial charge >= 0.3 is 0 Å². The molecule has 5 nitrogen and oxygen atoms in total. The molecule has 2 aromatic heterocycles. The number of pyridine rings is 1. The van der Waals surface area contributed by atoms with Crippen LogP contribution in [0.1, 0.15) is 5.56 Å². The lowest BCUT2D eigenvalue weighted by atomic mass is 10.2. The highest BCUT2D eigenvalue weighted by atomic mass is 32.2. The third-order valence-electron chi connectivity index (χ3n) is 3.85. The van der Waals surface area contributed by atoms with Crippen molar-refractivity contribution in [3.05, 3.63) is 70.0 Å². The number of aromatic nitrogens is 1. The molecule has 0 radical (unpaired) electrons. The van der Waals surface area contributed by atoms with Gasteiger partial charge < -0.3 is 4.57 Å². The standard InChI is InChI=1S/C17H18N2O3S2/c1-24(21,22)19(13-14-5-3-2-4-6-14)11-10-18-9-7-16-15(17(18)20)8-12-23-16/h2-9,12H,10-11,13H2,1H3. The van der Waals surface area contributed by atoms with E-state index in [0.717, 1.165) is 10.3 Å². The fourth-order valence-electron chi connectivity index (χ4n) is 2.55. The molecule has 3 rings (SSSR count). The lowest BCUT2D eigenvalue weighted by molar-refractivity contribution is 0.388. The molecule has 0 unspecified atom stereocenters. The van der Waals surface area contributed by atoms with Gasteiger partial charge in [-0.1, -0.05) is 30.3 Å². The van der Waals surface area contributed by atoms with Crippen molar-refractivity contribution in [2.45, 2.75) is 13.1 Å².